The molecule has 18 heavy (non-hydrogen) atoms. The van der Waals surface area contributed by atoms with Crippen molar-refractivity contribution in [2.24, 2.45) is 0 Å². The lowest BCUT2D eigenvalue weighted by molar-refractivity contribution is 0.0886. The molecular formula is C13H17BrClNO2. The van der Waals surface area contributed by atoms with E-state index in [0.717, 1.165) is 10.9 Å². The van der Waals surface area contributed by atoms with Gasteiger partial charge in [-0.1, -0.05) is 34.5 Å². The van der Waals surface area contributed by atoms with E-state index < -0.39 is 5.54 Å². The van der Waals surface area contributed by atoms with E-state index >= 15 is 0 Å². The molecule has 0 saturated carbocycles. The molecule has 1 unspecified atom stereocenters. The van der Waals surface area contributed by atoms with Crippen molar-refractivity contribution in [3.63, 3.8) is 0 Å². The molecule has 0 aliphatic carbocycles. The number of aliphatic hydroxyl groups excluding tert-OH is 1. The first kappa shape index (κ1) is 15.5. The number of nitrogens with one attached hydrogen (secondary N) is 1. The Labute approximate surface area is 121 Å². The van der Waals surface area contributed by atoms with Crippen LogP contribution in [-0.4, -0.2) is 23.2 Å². The highest BCUT2D eigenvalue weighted by molar-refractivity contribution is 9.10. The zero-order valence-corrected chi connectivity index (χ0v) is 12.8. The smallest absolute Gasteiger partial charge is 0.253 e. The van der Waals surface area contributed by atoms with Gasteiger partial charge in [0.05, 0.1) is 10.6 Å². The monoisotopic (exact) mass is 333 g/mol. The number of hydrogen-bond donors (Lipinski definition) is 2. The molecule has 0 saturated heterocycles. The lowest BCUT2D eigenvalue weighted by Crippen LogP contribution is -2.46. The summed E-state index contributed by atoms with van der Waals surface area (Å²) in [5.41, 5.74) is 0.0277. The molecular weight excluding hydrogens is 318 g/mol. The van der Waals surface area contributed by atoms with Crippen LogP contribution in [0.1, 0.15) is 37.0 Å². The molecule has 0 aromatic heterocycles. The van der Waals surface area contributed by atoms with Gasteiger partial charge in [0.25, 0.3) is 5.91 Å². The van der Waals surface area contributed by atoms with Crippen molar-refractivity contribution in [3.05, 3.63) is 33.3 Å². The van der Waals surface area contributed by atoms with Gasteiger partial charge in [-0.2, -0.15) is 0 Å². The van der Waals surface area contributed by atoms with Crippen LogP contribution in [0, 0.1) is 0 Å². The maximum atomic E-state index is 12.1. The molecule has 0 heterocycles. The van der Waals surface area contributed by atoms with E-state index in [1.807, 2.05) is 13.8 Å². The van der Waals surface area contributed by atoms with Crippen molar-refractivity contribution < 1.29 is 9.90 Å². The Bertz CT molecular complexity index is 439. The summed E-state index contributed by atoms with van der Waals surface area (Å²) in [4.78, 5) is 12.1. The van der Waals surface area contributed by atoms with E-state index in [-0.39, 0.29) is 12.5 Å². The highest BCUT2D eigenvalue weighted by atomic mass is 79.9. The number of aliphatic hydroxyl groups is 1. The SMILES string of the molecule is CCC(C)(CCO)NC(=O)c1ccc(Br)cc1Cl. The number of carbonyl (C=O) groups is 1. The zero-order chi connectivity index (χ0) is 13.8. The normalized spacial score (nSPS) is 14.1. The fraction of sp³-hybridized carbons (Fsp3) is 0.462. The zero-order valence-electron chi connectivity index (χ0n) is 10.5. The van der Waals surface area contributed by atoms with E-state index in [9.17, 15) is 4.79 Å². The first-order valence-corrected chi connectivity index (χ1v) is 6.97. The van der Waals surface area contributed by atoms with Crippen LogP contribution in [0.4, 0.5) is 0 Å². The first-order valence-electron chi connectivity index (χ1n) is 5.80. The van der Waals surface area contributed by atoms with Gasteiger partial charge in [0.15, 0.2) is 0 Å². The molecule has 0 spiro atoms. The third-order valence-electron chi connectivity index (χ3n) is 3.03. The van der Waals surface area contributed by atoms with Crippen molar-refractivity contribution >= 4 is 33.4 Å². The number of halogens is 2. The largest absolute Gasteiger partial charge is 0.396 e. The molecule has 1 rings (SSSR count). The fourth-order valence-corrected chi connectivity index (χ4v) is 2.35. The van der Waals surface area contributed by atoms with Gasteiger partial charge >= 0.3 is 0 Å². The second-order valence-corrected chi connectivity index (χ2v) is 5.79. The molecule has 1 amide bonds. The molecule has 3 nitrogen and oxygen atoms in total. The predicted octanol–water partition coefficient (Wildman–Crippen LogP) is 3.38. The molecule has 1 aromatic rings. The van der Waals surface area contributed by atoms with Crippen LogP contribution in [0.3, 0.4) is 0 Å². The van der Waals surface area contributed by atoms with Crippen LogP contribution in [0.2, 0.25) is 5.02 Å². The molecule has 1 atom stereocenters. The molecule has 1 aromatic carbocycles. The van der Waals surface area contributed by atoms with E-state index in [2.05, 4.69) is 21.2 Å². The second kappa shape index (κ2) is 6.55. The van der Waals surface area contributed by atoms with E-state index in [1.54, 1.807) is 18.2 Å². The van der Waals surface area contributed by atoms with Gasteiger partial charge in [-0.3, -0.25) is 4.79 Å². The number of amides is 1. The van der Waals surface area contributed by atoms with Gasteiger partial charge in [0.2, 0.25) is 0 Å². The number of rotatable bonds is 5. The van der Waals surface area contributed by atoms with Crippen LogP contribution in [-0.2, 0) is 0 Å². The van der Waals surface area contributed by atoms with Gasteiger partial charge in [0.1, 0.15) is 0 Å². The number of benzene rings is 1. The lowest BCUT2D eigenvalue weighted by atomic mass is 9.94. The van der Waals surface area contributed by atoms with Crippen molar-refractivity contribution in [3.8, 4) is 0 Å². The fourth-order valence-electron chi connectivity index (χ4n) is 1.59. The molecule has 0 radical (unpaired) electrons. The van der Waals surface area contributed by atoms with Gasteiger partial charge in [0, 0.05) is 16.6 Å². The third-order valence-corrected chi connectivity index (χ3v) is 3.84. The Hall–Kier alpha value is -0.580. The maximum Gasteiger partial charge on any atom is 0.253 e. The standard InChI is InChI=1S/C13H17BrClNO2/c1-3-13(2,6-7-17)16-12(18)10-5-4-9(14)8-11(10)15/h4-5,8,17H,3,6-7H2,1-2H3,(H,16,18). The van der Waals surface area contributed by atoms with Gasteiger partial charge in [-0.25, -0.2) is 0 Å². The van der Waals surface area contributed by atoms with E-state index in [4.69, 9.17) is 16.7 Å². The van der Waals surface area contributed by atoms with Gasteiger partial charge < -0.3 is 10.4 Å². The van der Waals surface area contributed by atoms with Gasteiger partial charge in [-0.05, 0) is 38.0 Å². The van der Waals surface area contributed by atoms with Crippen LogP contribution < -0.4 is 5.32 Å². The summed E-state index contributed by atoms with van der Waals surface area (Å²) in [6.45, 7) is 3.92. The van der Waals surface area contributed by atoms with E-state index in [0.29, 0.717) is 17.0 Å². The summed E-state index contributed by atoms with van der Waals surface area (Å²) < 4.78 is 0.831. The Morgan fingerprint density at radius 1 is 1.56 bits per heavy atom. The summed E-state index contributed by atoms with van der Waals surface area (Å²) in [6.07, 6.45) is 1.26. The average Bonchev–Trinajstić information content (AvgIpc) is 2.28. The highest BCUT2D eigenvalue weighted by Crippen LogP contribution is 2.23. The molecule has 5 heteroatoms. The minimum Gasteiger partial charge on any atom is -0.396 e. The highest BCUT2D eigenvalue weighted by Gasteiger charge is 2.25. The molecule has 2 N–H and O–H groups in total. The predicted molar refractivity (Wildman–Crippen MR) is 77.0 cm³/mol. The van der Waals surface area contributed by atoms with Crippen molar-refractivity contribution in [2.75, 3.05) is 6.61 Å². The Morgan fingerprint density at radius 3 is 2.72 bits per heavy atom. The minimum absolute atomic E-state index is 0.0404. The van der Waals surface area contributed by atoms with Crippen LogP contribution in [0.5, 0.6) is 0 Å². The molecule has 0 aliphatic rings. The molecule has 0 bridgehead atoms. The lowest BCUT2D eigenvalue weighted by Gasteiger charge is -2.29. The average molecular weight is 335 g/mol. The van der Waals surface area contributed by atoms with Crippen molar-refractivity contribution in [1.82, 2.24) is 5.32 Å². The minimum atomic E-state index is -0.414. The quantitative estimate of drug-likeness (QED) is 0.867. The maximum absolute atomic E-state index is 12.1. The van der Waals surface area contributed by atoms with Crippen LogP contribution in [0.15, 0.2) is 22.7 Å². The summed E-state index contributed by atoms with van der Waals surface area (Å²) >= 11 is 9.33. The molecule has 0 fully saturated rings. The number of hydrogen-bond acceptors (Lipinski definition) is 2. The second-order valence-electron chi connectivity index (χ2n) is 4.47. The summed E-state index contributed by atoms with van der Waals surface area (Å²) in [6, 6.07) is 5.14. The van der Waals surface area contributed by atoms with Gasteiger partial charge in [-0.15, -0.1) is 0 Å². The Balaban J connectivity index is 2.87. The van der Waals surface area contributed by atoms with Crippen LogP contribution >= 0.6 is 27.5 Å². The van der Waals surface area contributed by atoms with Crippen LogP contribution in [0.25, 0.3) is 0 Å². The molecule has 0 aliphatic heterocycles. The molecule has 100 valence electrons. The topological polar surface area (TPSA) is 49.3 Å². The summed E-state index contributed by atoms with van der Waals surface area (Å²) in [5.74, 6) is -0.217. The number of carbonyl (C=O) groups excluding carboxylic acids is 1. The Kier molecular flexibility index (Phi) is 5.63. The Morgan fingerprint density at radius 2 is 2.22 bits per heavy atom. The van der Waals surface area contributed by atoms with Crippen molar-refractivity contribution in [1.29, 1.82) is 0 Å². The summed E-state index contributed by atoms with van der Waals surface area (Å²) in [5, 5.41) is 12.4. The first-order chi connectivity index (χ1) is 8.41. The summed E-state index contributed by atoms with van der Waals surface area (Å²) in [7, 11) is 0. The van der Waals surface area contributed by atoms with E-state index in [1.165, 1.54) is 0 Å². The third kappa shape index (κ3) is 3.97. The van der Waals surface area contributed by atoms with Crippen molar-refractivity contribution in [2.45, 2.75) is 32.2 Å².